The number of ether oxygens (including phenoxy) is 2. The Morgan fingerprint density at radius 2 is 2.06 bits per heavy atom. The van der Waals surface area contributed by atoms with Crippen molar-refractivity contribution in [2.45, 2.75) is 32.8 Å². The lowest BCUT2D eigenvalue weighted by atomic mass is 10.3. The fraction of sp³-hybridized carbons (Fsp3) is 0.727. The van der Waals surface area contributed by atoms with Gasteiger partial charge < -0.3 is 19.3 Å². The Labute approximate surface area is 107 Å². The van der Waals surface area contributed by atoms with Crippen molar-refractivity contribution in [2.75, 3.05) is 19.4 Å². The van der Waals surface area contributed by atoms with E-state index in [2.05, 4.69) is 6.58 Å². The second-order valence-corrected chi connectivity index (χ2v) is 5.78. The van der Waals surface area contributed by atoms with Crippen molar-refractivity contribution >= 4 is 13.6 Å². The number of carbonyl (C=O) groups excluding carboxylic acids is 1. The van der Waals surface area contributed by atoms with Crippen molar-refractivity contribution < 1.29 is 28.6 Å². The molecule has 2 N–H and O–H groups in total. The number of rotatable bonds is 9. The monoisotopic (exact) mass is 280 g/mol. The largest absolute Gasteiger partial charge is 0.456 e. The predicted molar refractivity (Wildman–Crippen MR) is 67.3 cm³/mol. The van der Waals surface area contributed by atoms with Crippen LogP contribution in [0, 0.1) is 0 Å². The van der Waals surface area contributed by atoms with Gasteiger partial charge in [-0.1, -0.05) is 19.9 Å². The Bertz CT molecular complexity index is 321. The molecular weight excluding hydrogens is 259 g/mol. The fourth-order valence-electron chi connectivity index (χ4n) is 1.10. The molecule has 0 fully saturated rings. The van der Waals surface area contributed by atoms with E-state index in [1.165, 1.54) is 6.92 Å². The highest BCUT2D eigenvalue weighted by Crippen LogP contribution is 2.35. The molecule has 0 rings (SSSR count). The van der Waals surface area contributed by atoms with Gasteiger partial charge in [-0.05, 0) is 13.3 Å². The maximum absolute atomic E-state index is 11.3. The van der Waals surface area contributed by atoms with Crippen LogP contribution in [0.1, 0.15) is 26.7 Å². The number of hydrogen-bond acceptors (Lipinski definition) is 4. The van der Waals surface area contributed by atoms with E-state index in [4.69, 9.17) is 19.3 Å². The van der Waals surface area contributed by atoms with Crippen LogP contribution in [0.15, 0.2) is 12.2 Å². The van der Waals surface area contributed by atoms with Crippen LogP contribution in [0.5, 0.6) is 0 Å². The summed E-state index contributed by atoms with van der Waals surface area (Å²) in [7, 11) is -4.25. The summed E-state index contributed by atoms with van der Waals surface area (Å²) in [6.07, 6.45) is 0.302. The maximum atomic E-state index is 11.3. The molecule has 0 aromatic heterocycles. The summed E-state index contributed by atoms with van der Waals surface area (Å²) in [6.45, 7) is 7.32. The van der Waals surface area contributed by atoms with E-state index in [-0.39, 0.29) is 12.2 Å². The second kappa shape index (κ2) is 8.43. The molecule has 0 heterocycles. The van der Waals surface area contributed by atoms with Gasteiger partial charge in [0.15, 0.2) is 0 Å². The normalized spacial score (nSPS) is 13.1. The van der Waals surface area contributed by atoms with Gasteiger partial charge >= 0.3 is 13.6 Å². The van der Waals surface area contributed by atoms with E-state index >= 15 is 0 Å². The van der Waals surface area contributed by atoms with Crippen LogP contribution in [0.4, 0.5) is 0 Å². The maximum Gasteiger partial charge on any atom is 0.333 e. The van der Waals surface area contributed by atoms with Gasteiger partial charge in [0.05, 0.1) is 12.8 Å². The third-order valence-electron chi connectivity index (χ3n) is 2.01. The highest BCUT2D eigenvalue weighted by Gasteiger charge is 2.25. The SMILES string of the molecule is C=C(C)C(=O)OC(COCCCC)CP(=O)(O)O. The average molecular weight is 280 g/mol. The van der Waals surface area contributed by atoms with Crippen LogP contribution in [-0.2, 0) is 18.8 Å². The van der Waals surface area contributed by atoms with E-state index in [1.807, 2.05) is 6.92 Å². The summed E-state index contributed by atoms with van der Waals surface area (Å²) in [5.74, 6) is -0.674. The molecule has 0 amide bonds. The lowest BCUT2D eigenvalue weighted by Gasteiger charge is -2.18. The number of esters is 1. The average Bonchev–Trinajstić information content (AvgIpc) is 2.21. The summed E-state index contributed by atoms with van der Waals surface area (Å²) in [5, 5.41) is 0. The molecule has 0 aliphatic carbocycles. The van der Waals surface area contributed by atoms with E-state index < -0.39 is 25.8 Å². The van der Waals surface area contributed by atoms with Crippen LogP contribution in [0.2, 0.25) is 0 Å². The zero-order valence-electron chi connectivity index (χ0n) is 10.8. The summed E-state index contributed by atoms with van der Waals surface area (Å²) in [6, 6.07) is 0. The van der Waals surface area contributed by atoms with Crippen molar-refractivity contribution in [1.29, 1.82) is 0 Å². The molecule has 6 nitrogen and oxygen atoms in total. The van der Waals surface area contributed by atoms with Crippen LogP contribution in [-0.4, -0.2) is 41.2 Å². The molecule has 0 aromatic carbocycles. The Balaban J connectivity index is 4.29. The lowest BCUT2D eigenvalue weighted by molar-refractivity contribution is -0.146. The molecule has 0 aliphatic heterocycles. The minimum Gasteiger partial charge on any atom is -0.456 e. The molecule has 0 saturated carbocycles. The molecule has 0 aliphatic rings. The Morgan fingerprint density at radius 1 is 1.44 bits per heavy atom. The topological polar surface area (TPSA) is 93.1 Å². The van der Waals surface area contributed by atoms with Crippen LogP contribution in [0.25, 0.3) is 0 Å². The van der Waals surface area contributed by atoms with Crippen molar-refractivity contribution in [1.82, 2.24) is 0 Å². The summed E-state index contributed by atoms with van der Waals surface area (Å²) in [5.41, 5.74) is 0.180. The first-order valence-corrected chi connectivity index (χ1v) is 7.54. The van der Waals surface area contributed by atoms with Gasteiger partial charge in [-0.25, -0.2) is 4.79 Å². The minimum atomic E-state index is -4.25. The Morgan fingerprint density at radius 3 is 2.50 bits per heavy atom. The third-order valence-corrected chi connectivity index (χ3v) is 2.89. The van der Waals surface area contributed by atoms with Gasteiger partial charge in [0.25, 0.3) is 0 Å². The fourth-order valence-corrected chi connectivity index (χ4v) is 1.81. The van der Waals surface area contributed by atoms with E-state index in [0.29, 0.717) is 6.61 Å². The van der Waals surface area contributed by atoms with Crippen LogP contribution < -0.4 is 0 Å². The van der Waals surface area contributed by atoms with Crippen LogP contribution >= 0.6 is 7.60 Å². The molecule has 18 heavy (non-hydrogen) atoms. The molecule has 0 radical (unpaired) electrons. The predicted octanol–water partition coefficient (Wildman–Crippen LogP) is 1.47. The third kappa shape index (κ3) is 9.36. The van der Waals surface area contributed by atoms with Crippen molar-refractivity contribution in [2.24, 2.45) is 0 Å². The van der Waals surface area contributed by atoms with Gasteiger partial charge in [-0.15, -0.1) is 0 Å². The zero-order valence-corrected chi connectivity index (χ0v) is 11.7. The van der Waals surface area contributed by atoms with Crippen molar-refractivity contribution in [3.8, 4) is 0 Å². The van der Waals surface area contributed by atoms with Crippen LogP contribution in [0.3, 0.4) is 0 Å². The summed E-state index contributed by atoms with van der Waals surface area (Å²) >= 11 is 0. The highest BCUT2D eigenvalue weighted by molar-refractivity contribution is 7.51. The van der Waals surface area contributed by atoms with Gasteiger partial charge in [0.2, 0.25) is 0 Å². The number of unbranched alkanes of at least 4 members (excludes halogenated alkanes) is 1. The Hall–Kier alpha value is -0.680. The molecule has 0 spiro atoms. The molecular formula is C11H21O6P. The van der Waals surface area contributed by atoms with Crippen molar-refractivity contribution in [3.63, 3.8) is 0 Å². The van der Waals surface area contributed by atoms with Gasteiger partial charge in [0, 0.05) is 12.2 Å². The van der Waals surface area contributed by atoms with E-state index in [0.717, 1.165) is 12.8 Å². The Kier molecular flexibility index (Phi) is 8.11. The summed E-state index contributed by atoms with van der Waals surface area (Å²) in [4.78, 5) is 29.1. The van der Waals surface area contributed by atoms with E-state index in [9.17, 15) is 9.36 Å². The van der Waals surface area contributed by atoms with Gasteiger partial charge in [0.1, 0.15) is 6.10 Å². The van der Waals surface area contributed by atoms with Gasteiger partial charge in [-0.2, -0.15) is 0 Å². The zero-order chi connectivity index (χ0) is 14.2. The second-order valence-electron chi connectivity index (χ2n) is 4.08. The molecule has 0 aromatic rings. The number of hydrogen-bond donors (Lipinski definition) is 2. The minimum absolute atomic E-state index is 0.0237. The molecule has 1 unspecified atom stereocenters. The first kappa shape index (κ1) is 17.3. The lowest BCUT2D eigenvalue weighted by Crippen LogP contribution is -2.27. The first-order chi connectivity index (χ1) is 8.26. The smallest absolute Gasteiger partial charge is 0.333 e. The molecule has 106 valence electrons. The molecule has 1 atom stereocenters. The van der Waals surface area contributed by atoms with Gasteiger partial charge in [-0.3, -0.25) is 4.57 Å². The van der Waals surface area contributed by atoms with E-state index in [1.54, 1.807) is 0 Å². The number of carbonyl (C=O) groups is 1. The quantitative estimate of drug-likeness (QED) is 0.287. The highest BCUT2D eigenvalue weighted by atomic mass is 31.2. The first-order valence-electron chi connectivity index (χ1n) is 5.75. The van der Waals surface area contributed by atoms with Crippen molar-refractivity contribution in [3.05, 3.63) is 12.2 Å². The standard InChI is InChI=1S/C11H21O6P/c1-4-5-6-16-7-10(8-18(13,14)15)17-11(12)9(2)3/h10H,2,4-8H2,1,3H3,(H2,13,14,15). The molecule has 0 bridgehead atoms. The molecule has 0 saturated heterocycles. The molecule has 7 heteroatoms. The summed E-state index contributed by atoms with van der Waals surface area (Å²) < 4.78 is 21.0.